The van der Waals surface area contributed by atoms with E-state index in [1.165, 1.54) is 28.1 Å². The van der Waals surface area contributed by atoms with E-state index in [-0.39, 0.29) is 0 Å². The molecule has 2 nitrogen and oxygen atoms in total. The van der Waals surface area contributed by atoms with Crippen LogP contribution in [0.4, 0.5) is 11.4 Å². The van der Waals surface area contributed by atoms with Crippen molar-refractivity contribution in [3.05, 3.63) is 59.2 Å². The zero-order chi connectivity index (χ0) is 14.1. The topological polar surface area (TPSA) is 15.3 Å². The van der Waals surface area contributed by atoms with Gasteiger partial charge in [0.25, 0.3) is 0 Å². The van der Waals surface area contributed by atoms with Gasteiger partial charge in [-0.15, -0.1) is 0 Å². The van der Waals surface area contributed by atoms with Gasteiger partial charge in [0.1, 0.15) is 0 Å². The van der Waals surface area contributed by atoms with Crippen LogP contribution in [0.5, 0.6) is 0 Å². The predicted octanol–water partition coefficient (Wildman–Crippen LogP) is 4.12. The van der Waals surface area contributed by atoms with E-state index in [0.717, 1.165) is 13.1 Å². The Hall–Kier alpha value is -1.96. The van der Waals surface area contributed by atoms with Crippen LogP contribution in [-0.2, 0) is 6.54 Å². The number of rotatable bonds is 2. The summed E-state index contributed by atoms with van der Waals surface area (Å²) in [5.74, 6) is 0. The van der Waals surface area contributed by atoms with Gasteiger partial charge in [0.05, 0.1) is 11.4 Å². The second kappa shape index (κ2) is 5.20. The summed E-state index contributed by atoms with van der Waals surface area (Å²) in [6.45, 7) is 8.69. The highest BCUT2D eigenvalue weighted by Gasteiger charge is 2.23. The molecule has 2 aromatic rings. The Morgan fingerprint density at radius 1 is 1.05 bits per heavy atom. The van der Waals surface area contributed by atoms with Gasteiger partial charge < -0.3 is 10.2 Å². The van der Waals surface area contributed by atoms with Crippen molar-refractivity contribution in [1.82, 2.24) is 0 Å². The molecule has 2 aromatic carbocycles. The summed E-state index contributed by atoms with van der Waals surface area (Å²) in [6, 6.07) is 15.7. The molecule has 0 aliphatic carbocycles. The van der Waals surface area contributed by atoms with Crippen molar-refractivity contribution in [1.29, 1.82) is 0 Å². The molecule has 1 aliphatic rings. The number of anilines is 2. The maximum atomic E-state index is 3.52. The Morgan fingerprint density at radius 3 is 2.50 bits per heavy atom. The van der Waals surface area contributed by atoms with Crippen LogP contribution in [0, 0.1) is 13.8 Å². The number of aryl methyl sites for hydroxylation is 2. The monoisotopic (exact) mass is 266 g/mol. The van der Waals surface area contributed by atoms with E-state index in [1.54, 1.807) is 0 Å². The molecule has 0 spiro atoms. The summed E-state index contributed by atoms with van der Waals surface area (Å²) >= 11 is 0. The SMILES string of the molecule is Cc1cccc(C)c1CN1c2ccccc2NCC1C. The quantitative estimate of drug-likeness (QED) is 0.879. The van der Waals surface area contributed by atoms with Crippen molar-refractivity contribution in [2.75, 3.05) is 16.8 Å². The maximum absolute atomic E-state index is 3.52. The minimum absolute atomic E-state index is 0.504. The molecular formula is C18H22N2. The molecule has 0 saturated heterocycles. The Balaban J connectivity index is 1.98. The molecule has 1 aliphatic heterocycles. The summed E-state index contributed by atoms with van der Waals surface area (Å²) in [5.41, 5.74) is 6.78. The van der Waals surface area contributed by atoms with Gasteiger partial charge in [-0.05, 0) is 49.6 Å². The van der Waals surface area contributed by atoms with Crippen molar-refractivity contribution in [3.8, 4) is 0 Å². The Bertz CT molecular complexity index is 598. The first-order valence-corrected chi connectivity index (χ1v) is 7.31. The van der Waals surface area contributed by atoms with Crippen LogP contribution in [0.1, 0.15) is 23.6 Å². The molecule has 104 valence electrons. The van der Waals surface area contributed by atoms with Crippen molar-refractivity contribution < 1.29 is 0 Å². The molecule has 0 radical (unpaired) electrons. The molecule has 0 aromatic heterocycles. The van der Waals surface area contributed by atoms with E-state index < -0.39 is 0 Å². The third-order valence-corrected chi connectivity index (χ3v) is 4.31. The lowest BCUT2D eigenvalue weighted by atomic mass is 10.0. The molecular weight excluding hydrogens is 244 g/mol. The van der Waals surface area contributed by atoms with E-state index >= 15 is 0 Å². The lowest BCUT2D eigenvalue weighted by Gasteiger charge is -2.38. The second-order valence-corrected chi connectivity index (χ2v) is 5.75. The fourth-order valence-electron chi connectivity index (χ4n) is 2.99. The van der Waals surface area contributed by atoms with Gasteiger partial charge in [0.2, 0.25) is 0 Å². The number of para-hydroxylation sites is 2. The highest BCUT2D eigenvalue weighted by Crippen LogP contribution is 2.33. The second-order valence-electron chi connectivity index (χ2n) is 5.75. The van der Waals surface area contributed by atoms with Gasteiger partial charge in [-0.25, -0.2) is 0 Å². The normalized spacial score (nSPS) is 17.6. The molecule has 1 heterocycles. The van der Waals surface area contributed by atoms with Crippen LogP contribution in [0.25, 0.3) is 0 Å². The lowest BCUT2D eigenvalue weighted by molar-refractivity contribution is 0.639. The van der Waals surface area contributed by atoms with Gasteiger partial charge >= 0.3 is 0 Å². The molecule has 0 fully saturated rings. The van der Waals surface area contributed by atoms with Crippen LogP contribution in [-0.4, -0.2) is 12.6 Å². The number of hydrogen-bond acceptors (Lipinski definition) is 2. The van der Waals surface area contributed by atoms with Gasteiger partial charge in [-0.3, -0.25) is 0 Å². The first-order chi connectivity index (χ1) is 9.66. The highest BCUT2D eigenvalue weighted by atomic mass is 15.2. The Labute approximate surface area is 121 Å². The smallest absolute Gasteiger partial charge is 0.0608 e. The van der Waals surface area contributed by atoms with E-state index in [0.29, 0.717) is 6.04 Å². The standard InChI is InChI=1S/C18H22N2/c1-13-7-6-8-14(2)16(13)12-20-15(3)11-19-17-9-4-5-10-18(17)20/h4-10,15,19H,11-12H2,1-3H3. The molecule has 2 heteroatoms. The van der Waals surface area contributed by atoms with Crippen molar-refractivity contribution in [2.45, 2.75) is 33.4 Å². The zero-order valence-corrected chi connectivity index (χ0v) is 12.5. The van der Waals surface area contributed by atoms with Crippen LogP contribution in [0.15, 0.2) is 42.5 Å². The largest absolute Gasteiger partial charge is 0.381 e. The molecule has 20 heavy (non-hydrogen) atoms. The molecule has 3 rings (SSSR count). The van der Waals surface area contributed by atoms with Crippen LogP contribution >= 0.6 is 0 Å². The first-order valence-electron chi connectivity index (χ1n) is 7.31. The zero-order valence-electron chi connectivity index (χ0n) is 12.5. The number of nitrogens with one attached hydrogen (secondary N) is 1. The fourth-order valence-corrected chi connectivity index (χ4v) is 2.99. The van der Waals surface area contributed by atoms with E-state index in [9.17, 15) is 0 Å². The first kappa shape index (κ1) is 13.0. The Kier molecular flexibility index (Phi) is 3.39. The number of nitrogens with zero attached hydrogens (tertiary/aromatic N) is 1. The minimum atomic E-state index is 0.504. The van der Waals surface area contributed by atoms with Crippen molar-refractivity contribution >= 4 is 11.4 Å². The van der Waals surface area contributed by atoms with Crippen LogP contribution in [0.2, 0.25) is 0 Å². The lowest BCUT2D eigenvalue weighted by Crippen LogP contribution is -2.41. The van der Waals surface area contributed by atoms with E-state index in [2.05, 4.69) is 73.5 Å². The average molecular weight is 266 g/mol. The van der Waals surface area contributed by atoms with E-state index in [4.69, 9.17) is 0 Å². The van der Waals surface area contributed by atoms with E-state index in [1.807, 2.05) is 0 Å². The molecule has 0 amide bonds. The molecule has 0 saturated carbocycles. The fraction of sp³-hybridized carbons (Fsp3) is 0.333. The Morgan fingerprint density at radius 2 is 1.75 bits per heavy atom. The molecule has 0 bridgehead atoms. The number of benzene rings is 2. The minimum Gasteiger partial charge on any atom is -0.381 e. The molecule has 1 unspecified atom stereocenters. The molecule has 1 N–H and O–H groups in total. The summed E-state index contributed by atoms with van der Waals surface area (Å²) < 4.78 is 0. The van der Waals surface area contributed by atoms with Gasteiger partial charge in [-0.1, -0.05) is 30.3 Å². The molecule has 1 atom stereocenters. The van der Waals surface area contributed by atoms with Crippen molar-refractivity contribution in [3.63, 3.8) is 0 Å². The van der Waals surface area contributed by atoms with Gasteiger partial charge in [-0.2, -0.15) is 0 Å². The number of hydrogen-bond donors (Lipinski definition) is 1. The number of fused-ring (bicyclic) bond motifs is 1. The van der Waals surface area contributed by atoms with Gasteiger partial charge in [0.15, 0.2) is 0 Å². The summed E-state index contributed by atoms with van der Waals surface area (Å²) in [4.78, 5) is 2.52. The third-order valence-electron chi connectivity index (χ3n) is 4.31. The van der Waals surface area contributed by atoms with Crippen LogP contribution < -0.4 is 10.2 Å². The van der Waals surface area contributed by atoms with Crippen LogP contribution in [0.3, 0.4) is 0 Å². The summed E-state index contributed by atoms with van der Waals surface area (Å²) in [6.07, 6.45) is 0. The van der Waals surface area contributed by atoms with Gasteiger partial charge in [0, 0.05) is 19.1 Å². The highest BCUT2D eigenvalue weighted by molar-refractivity contribution is 5.72. The third kappa shape index (κ3) is 2.26. The maximum Gasteiger partial charge on any atom is 0.0608 e. The predicted molar refractivity (Wildman–Crippen MR) is 86.5 cm³/mol. The van der Waals surface area contributed by atoms with Crippen molar-refractivity contribution in [2.24, 2.45) is 0 Å². The average Bonchev–Trinajstić information content (AvgIpc) is 2.45. The summed E-state index contributed by atoms with van der Waals surface area (Å²) in [5, 5.41) is 3.52. The summed E-state index contributed by atoms with van der Waals surface area (Å²) in [7, 11) is 0.